The molecule has 2 bridgehead atoms. The van der Waals surface area contributed by atoms with Gasteiger partial charge in [0.1, 0.15) is 17.5 Å². The number of carbonyl (C=O) groups excluding carboxylic acids is 3. The van der Waals surface area contributed by atoms with Crippen LogP contribution in [0.5, 0.6) is 11.5 Å². The van der Waals surface area contributed by atoms with E-state index in [4.69, 9.17) is 9.47 Å². The van der Waals surface area contributed by atoms with E-state index in [-0.39, 0.29) is 35.5 Å². The van der Waals surface area contributed by atoms with Crippen molar-refractivity contribution in [2.24, 2.45) is 35.5 Å². The fraction of sp³-hybridized carbons (Fsp3) is 0.500. The van der Waals surface area contributed by atoms with Gasteiger partial charge in [-0.15, -0.1) is 0 Å². The average Bonchev–Trinajstić information content (AvgIpc) is 3.51. The molecule has 5 aliphatic rings. The maximum atomic E-state index is 13.2. The molecule has 1 heterocycles. The van der Waals surface area contributed by atoms with Crippen molar-refractivity contribution in [3.05, 3.63) is 30.4 Å². The summed E-state index contributed by atoms with van der Waals surface area (Å²) in [6.07, 6.45) is 5.36. The number of benzene rings is 1. The summed E-state index contributed by atoms with van der Waals surface area (Å²) in [4.78, 5) is 40.5. The van der Waals surface area contributed by atoms with Crippen molar-refractivity contribution in [3.63, 3.8) is 0 Å². The lowest BCUT2D eigenvalue weighted by Gasteiger charge is -2.37. The standard InChI is InChI=1S/C22H24N2O5/c1-10(20(25)23-16-8-11(28-2)4-7-17(16)29-3)24-21(26)18-12-5-6-13(15-9-14(12)15)19(18)22(24)27/h4-8,10,12-15,18-19H,9H2,1-3H3,(H,23,25)/t10-,12-,13-,14-,15-,18+,19+/m1/s1. The van der Waals surface area contributed by atoms with Crippen LogP contribution in [0.1, 0.15) is 13.3 Å². The van der Waals surface area contributed by atoms with Gasteiger partial charge in [-0.25, -0.2) is 0 Å². The first-order valence-corrected chi connectivity index (χ1v) is 10.0. The predicted molar refractivity (Wildman–Crippen MR) is 104 cm³/mol. The monoisotopic (exact) mass is 396 g/mol. The summed E-state index contributed by atoms with van der Waals surface area (Å²) in [5, 5.41) is 2.79. The highest BCUT2D eigenvalue weighted by molar-refractivity contribution is 6.10. The highest BCUT2D eigenvalue weighted by atomic mass is 16.5. The Morgan fingerprint density at radius 3 is 2.24 bits per heavy atom. The summed E-state index contributed by atoms with van der Waals surface area (Å²) < 4.78 is 10.5. The van der Waals surface area contributed by atoms with Crippen molar-refractivity contribution in [3.8, 4) is 11.5 Å². The summed E-state index contributed by atoms with van der Waals surface area (Å²) >= 11 is 0. The van der Waals surface area contributed by atoms with Crippen LogP contribution in [0, 0.1) is 35.5 Å². The molecule has 2 saturated carbocycles. The van der Waals surface area contributed by atoms with Gasteiger partial charge in [-0.1, -0.05) is 12.2 Å². The molecule has 0 radical (unpaired) electrons. The Labute approximate surface area is 169 Å². The Hall–Kier alpha value is -2.83. The number of hydrogen-bond acceptors (Lipinski definition) is 5. The zero-order valence-electron chi connectivity index (χ0n) is 16.6. The first-order valence-electron chi connectivity index (χ1n) is 10.0. The van der Waals surface area contributed by atoms with E-state index < -0.39 is 11.9 Å². The lowest BCUT2D eigenvalue weighted by Crippen LogP contribution is -2.46. The molecule has 1 aromatic carbocycles. The molecule has 1 saturated heterocycles. The van der Waals surface area contributed by atoms with E-state index in [1.165, 1.54) is 19.1 Å². The number of ether oxygens (including phenoxy) is 2. The number of hydrogen-bond donors (Lipinski definition) is 1. The number of rotatable bonds is 5. The molecule has 4 aliphatic carbocycles. The van der Waals surface area contributed by atoms with Crippen LogP contribution in [0.15, 0.2) is 30.4 Å². The lowest BCUT2D eigenvalue weighted by molar-refractivity contribution is -0.146. The normalized spacial score (nSPS) is 34.5. The van der Waals surface area contributed by atoms with E-state index in [0.717, 1.165) is 6.42 Å². The number of amides is 3. The van der Waals surface area contributed by atoms with Crippen LogP contribution < -0.4 is 14.8 Å². The molecule has 152 valence electrons. The molecule has 1 N–H and O–H groups in total. The number of likely N-dealkylation sites (tertiary alicyclic amines) is 1. The van der Waals surface area contributed by atoms with Gasteiger partial charge in [-0.2, -0.15) is 0 Å². The number of allylic oxidation sites excluding steroid dienone is 2. The fourth-order valence-electron chi connectivity index (χ4n) is 5.63. The van der Waals surface area contributed by atoms with Crippen molar-refractivity contribution in [2.45, 2.75) is 19.4 Å². The van der Waals surface area contributed by atoms with E-state index in [9.17, 15) is 14.4 Å². The Kier molecular flexibility index (Phi) is 3.98. The Balaban J connectivity index is 1.38. The molecule has 1 aromatic rings. The van der Waals surface area contributed by atoms with Crippen LogP contribution in [-0.4, -0.2) is 42.9 Å². The largest absolute Gasteiger partial charge is 0.497 e. The van der Waals surface area contributed by atoms with Gasteiger partial charge >= 0.3 is 0 Å². The number of methoxy groups -OCH3 is 2. The molecule has 3 fully saturated rings. The van der Waals surface area contributed by atoms with Gasteiger partial charge in [0.25, 0.3) is 0 Å². The summed E-state index contributed by atoms with van der Waals surface area (Å²) in [5.41, 5.74) is 0.434. The first-order chi connectivity index (χ1) is 14.0. The average molecular weight is 396 g/mol. The minimum Gasteiger partial charge on any atom is -0.497 e. The van der Waals surface area contributed by atoms with E-state index in [1.54, 1.807) is 25.1 Å². The lowest BCUT2D eigenvalue weighted by atomic mass is 9.63. The van der Waals surface area contributed by atoms with Gasteiger partial charge in [0, 0.05) is 6.07 Å². The van der Waals surface area contributed by atoms with Crippen LogP contribution in [0.2, 0.25) is 0 Å². The molecular weight excluding hydrogens is 372 g/mol. The molecule has 0 aromatic heterocycles. The smallest absolute Gasteiger partial charge is 0.247 e. The third-order valence-corrected chi connectivity index (χ3v) is 7.13. The van der Waals surface area contributed by atoms with E-state index in [0.29, 0.717) is 29.0 Å². The maximum absolute atomic E-state index is 13.2. The molecule has 29 heavy (non-hydrogen) atoms. The minimum absolute atomic E-state index is 0.144. The van der Waals surface area contributed by atoms with Gasteiger partial charge in [-0.05, 0) is 49.1 Å². The van der Waals surface area contributed by atoms with Crippen LogP contribution in [0.4, 0.5) is 5.69 Å². The van der Waals surface area contributed by atoms with Gasteiger partial charge < -0.3 is 14.8 Å². The van der Waals surface area contributed by atoms with Crippen molar-refractivity contribution in [2.75, 3.05) is 19.5 Å². The van der Waals surface area contributed by atoms with Gasteiger partial charge in [0.2, 0.25) is 17.7 Å². The summed E-state index contributed by atoms with van der Waals surface area (Å²) in [7, 11) is 3.04. The molecule has 6 rings (SSSR count). The second kappa shape index (κ2) is 6.34. The molecular formula is C22H24N2O5. The number of nitrogens with one attached hydrogen (secondary N) is 1. The SMILES string of the molecule is COc1ccc(OC)c(NC(=O)[C@@H](C)N2C(=O)[C@H]3[C@@H]4C=C[C@H]([C@H]5C[C@H]45)[C@@H]3C2=O)c1. The highest BCUT2D eigenvalue weighted by Crippen LogP contribution is 2.65. The third kappa shape index (κ3) is 2.52. The number of nitrogens with zero attached hydrogens (tertiary/aromatic N) is 1. The van der Waals surface area contributed by atoms with Gasteiger partial charge in [0.05, 0.1) is 31.7 Å². The molecule has 7 nitrogen and oxygen atoms in total. The predicted octanol–water partition coefficient (Wildman–Crippen LogP) is 2.08. The Morgan fingerprint density at radius 1 is 1.07 bits per heavy atom. The molecule has 3 amide bonds. The second-order valence-electron chi connectivity index (χ2n) is 8.43. The molecule has 7 atom stereocenters. The topological polar surface area (TPSA) is 84.9 Å². The van der Waals surface area contributed by atoms with Crippen LogP contribution in [-0.2, 0) is 14.4 Å². The Morgan fingerprint density at radius 2 is 1.69 bits per heavy atom. The van der Waals surface area contributed by atoms with Crippen molar-refractivity contribution in [1.29, 1.82) is 0 Å². The second-order valence-corrected chi connectivity index (χ2v) is 8.43. The number of carbonyl (C=O) groups is 3. The maximum Gasteiger partial charge on any atom is 0.247 e. The van der Waals surface area contributed by atoms with E-state index in [2.05, 4.69) is 17.5 Å². The quantitative estimate of drug-likeness (QED) is 0.609. The third-order valence-electron chi connectivity index (χ3n) is 7.13. The van der Waals surface area contributed by atoms with Crippen molar-refractivity contribution < 1.29 is 23.9 Å². The zero-order chi connectivity index (χ0) is 20.4. The molecule has 0 spiro atoms. The molecule has 7 heteroatoms. The van der Waals surface area contributed by atoms with Gasteiger partial charge in [-0.3, -0.25) is 19.3 Å². The molecule has 1 aliphatic heterocycles. The number of anilines is 1. The van der Waals surface area contributed by atoms with Gasteiger partial charge in [0.15, 0.2) is 0 Å². The Bertz CT molecular complexity index is 905. The fourth-order valence-corrected chi connectivity index (χ4v) is 5.63. The summed E-state index contributed by atoms with van der Waals surface area (Å²) in [5.74, 6) is 0.955. The van der Waals surface area contributed by atoms with E-state index in [1.807, 2.05) is 0 Å². The first kappa shape index (κ1) is 18.2. The van der Waals surface area contributed by atoms with Crippen LogP contribution in [0.3, 0.4) is 0 Å². The van der Waals surface area contributed by atoms with Crippen LogP contribution in [0.25, 0.3) is 0 Å². The number of imide groups is 1. The van der Waals surface area contributed by atoms with Crippen LogP contribution >= 0.6 is 0 Å². The minimum atomic E-state index is -0.896. The summed E-state index contributed by atoms with van der Waals surface area (Å²) in [6, 6.07) is 4.17. The zero-order valence-corrected chi connectivity index (χ0v) is 16.6. The van der Waals surface area contributed by atoms with Crippen molar-refractivity contribution in [1.82, 2.24) is 4.90 Å². The van der Waals surface area contributed by atoms with Crippen molar-refractivity contribution >= 4 is 23.4 Å². The molecule has 0 unspecified atom stereocenters. The van der Waals surface area contributed by atoms with E-state index >= 15 is 0 Å². The summed E-state index contributed by atoms with van der Waals surface area (Å²) in [6.45, 7) is 1.60. The highest BCUT2D eigenvalue weighted by Gasteiger charge is 2.67.